The number of hydrogen-bond donors (Lipinski definition) is 3. The highest BCUT2D eigenvalue weighted by atomic mass is 35.5. The quantitative estimate of drug-likeness (QED) is 0.224. The molecule has 0 bridgehead atoms. The number of aromatic nitrogens is 1. The number of nitrogens with two attached hydrogens (primary N) is 1. The Labute approximate surface area is 274 Å². The molecule has 15 heteroatoms. The van der Waals surface area contributed by atoms with Gasteiger partial charge in [0.1, 0.15) is 17.4 Å². The Hall–Kier alpha value is -4.01. The number of carbonyl (C=O) groups excluding carboxylic acids is 2. The second kappa shape index (κ2) is 16.0. The van der Waals surface area contributed by atoms with Crippen molar-refractivity contribution in [1.82, 2.24) is 14.8 Å². The molecule has 4 rings (SSSR count). The van der Waals surface area contributed by atoms with E-state index in [1.807, 2.05) is 19.9 Å². The zero-order valence-corrected chi connectivity index (χ0v) is 27.5. The summed E-state index contributed by atoms with van der Waals surface area (Å²) in [5.41, 5.74) is 6.67. The summed E-state index contributed by atoms with van der Waals surface area (Å²) in [5.74, 6) is -2.20. The van der Waals surface area contributed by atoms with Crippen LogP contribution in [0.3, 0.4) is 0 Å². The number of amides is 3. The van der Waals surface area contributed by atoms with Crippen molar-refractivity contribution in [2.45, 2.75) is 52.1 Å². The number of halogens is 3. The van der Waals surface area contributed by atoms with Crippen molar-refractivity contribution in [3.63, 3.8) is 0 Å². The van der Waals surface area contributed by atoms with E-state index in [1.165, 1.54) is 0 Å². The largest absolute Gasteiger partial charge is 0.439 e. The van der Waals surface area contributed by atoms with Crippen LogP contribution in [0.4, 0.5) is 25.0 Å². The van der Waals surface area contributed by atoms with Gasteiger partial charge in [0.05, 0.1) is 17.5 Å². The van der Waals surface area contributed by atoms with Gasteiger partial charge in [-0.1, -0.05) is 19.4 Å². The van der Waals surface area contributed by atoms with Gasteiger partial charge in [-0.05, 0) is 62.1 Å². The Balaban J connectivity index is 0.00000576. The number of hydrogen-bond acceptors (Lipinski definition) is 7. The number of nitrogens with zero attached hydrogens (tertiary/aromatic N) is 3. The first-order chi connectivity index (χ1) is 21.3. The van der Waals surface area contributed by atoms with Crippen LogP contribution in [-0.4, -0.2) is 67.1 Å². The zero-order valence-electron chi connectivity index (χ0n) is 25.9. The lowest BCUT2D eigenvalue weighted by molar-refractivity contribution is 0.0996. The molecule has 0 unspecified atom stereocenters. The standard InChI is InChI=1S/C31H38F2N6O5S.ClH/c1-4-5-14-39(31(41)36-28-17-25(30(34)40)26(32)18-27(28)33)23-12-15-38(16-13-23)19-21-6-11-29(35-20(21)2)44-24-9-7-22(8-10-24)37-45(3,42)43;/h6-11,17-18,23,37H,4-5,12-16,19H2,1-3H3,(H2,34,40)(H,36,41);1H. The van der Waals surface area contributed by atoms with Crippen LogP contribution < -0.4 is 20.5 Å². The summed E-state index contributed by atoms with van der Waals surface area (Å²) in [4.78, 5) is 33.3. The number of primary amides is 1. The third kappa shape index (κ3) is 9.99. The summed E-state index contributed by atoms with van der Waals surface area (Å²) in [7, 11) is -3.37. The molecular formula is C31H39ClF2N6O5S. The van der Waals surface area contributed by atoms with Crippen molar-refractivity contribution in [1.29, 1.82) is 0 Å². The van der Waals surface area contributed by atoms with Crippen molar-refractivity contribution in [3.05, 3.63) is 77.0 Å². The lowest BCUT2D eigenvalue weighted by Gasteiger charge is -2.38. The number of ether oxygens (including phenoxy) is 1. The Morgan fingerprint density at radius 2 is 1.76 bits per heavy atom. The monoisotopic (exact) mass is 680 g/mol. The van der Waals surface area contributed by atoms with Crippen molar-refractivity contribution in [2.24, 2.45) is 5.73 Å². The highest BCUT2D eigenvalue weighted by Gasteiger charge is 2.29. The average Bonchev–Trinajstić information content (AvgIpc) is 2.97. The van der Waals surface area contributed by atoms with E-state index < -0.39 is 39.2 Å². The second-order valence-electron chi connectivity index (χ2n) is 11.1. The smallest absolute Gasteiger partial charge is 0.322 e. The van der Waals surface area contributed by atoms with Crippen LogP contribution in [0, 0.1) is 18.6 Å². The molecular weight excluding hydrogens is 642 g/mol. The van der Waals surface area contributed by atoms with Crippen LogP contribution in [0.1, 0.15) is 54.2 Å². The molecule has 3 aromatic rings. The number of likely N-dealkylation sites (tertiary alicyclic amines) is 1. The van der Waals surface area contributed by atoms with Crippen molar-refractivity contribution in [3.8, 4) is 11.6 Å². The van der Waals surface area contributed by atoms with Gasteiger partial charge in [0.2, 0.25) is 15.9 Å². The molecule has 1 fully saturated rings. The van der Waals surface area contributed by atoms with Gasteiger partial charge in [0.15, 0.2) is 0 Å². The Morgan fingerprint density at radius 3 is 2.35 bits per heavy atom. The Bertz CT molecular complexity index is 1640. The van der Waals surface area contributed by atoms with Crippen LogP contribution in [0.2, 0.25) is 0 Å². The van der Waals surface area contributed by atoms with Gasteiger partial charge in [-0.15, -0.1) is 12.4 Å². The molecule has 0 atom stereocenters. The van der Waals surface area contributed by atoms with E-state index in [0.29, 0.717) is 49.3 Å². The second-order valence-corrected chi connectivity index (χ2v) is 12.8. The molecule has 1 saturated heterocycles. The van der Waals surface area contributed by atoms with E-state index in [-0.39, 0.29) is 24.1 Å². The highest BCUT2D eigenvalue weighted by molar-refractivity contribution is 7.92. The van der Waals surface area contributed by atoms with Gasteiger partial charge in [0, 0.05) is 55.7 Å². The predicted octanol–water partition coefficient (Wildman–Crippen LogP) is 5.65. The fraction of sp³-hybridized carbons (Fsp3) is 0.387. The molecule has 0 radical (unpaired) electrons. The zero-order chi connectivity index (χ0) is 32.7. The summed E-state index contributed by atoms with van der Waals surface area (Å²) in [6.07, 6.45) is 4.10. The van der Waals surface area contributed by atoms with Gasteiger partial charge in [-0.2, -0.15) is 0 Å². The number of sulfonamides is 1. The molecule has 0 aliphatic carbocycles. The van der Waals surface area contributed by atoms with Gasteiger partial charge in [0.25, 0.3) is 5.91 Å². The number of pyridine rings is 1. The van der Waals surface area contributed by atoms with Crippen molar-refractivity contribution < 1.29 is 31.5 Å². The fourth-order valence-corrected chi connectivity index (χ4v) is 5.71. The summed E-state index contributed by atoms with van der Waals surface area (Å²) in [6.45, 7) is 6.50. The summed E-state index contributed by atoms with van der Waals surface area (Å²) >= 11 is 0. The molecule has 0 saturated carbocycles. The highest BCUT2D eigenvalue weighted by Crippen LogP contribution is 2.26. The summed E-state index contributed by atoms with van der Waals surface area (Å²) in [6, 6.07) is 11.1. The number of urea groups is 1. The topological polar surface area (TPSA) is 147 Å². The van der Waals surface area contributed by atoms with Gasteiger partial charge >= 0.3 is 6.03 Å². The van der Waals surface area contributed by atoms with E-state index in [2.05, 4.69) is 19.9 Å². The van der Waals surface area contributed by atoms with Crippen LogP contribution in [0.5, 0.6) is 11.6 Å². The number of aryl methyl sites for hydroxylation is 1. The molecule has 250 valence electrons. The third-order valence-electron chi connectivity index (χ3n) is 7.52. The number of unbranched alkanes of at least 4 members (excludes halogenated alkanes) is 1. The number of benzene rings is 2. The molecule has 11 nitrogen and oxygen atoms in total. The Kier molecular flexibility index (Phi) is 12.7. The summed E-state index contributed by atoms with van der Waals surface area (Å²) < 4.78 is 59.4. The third-order valence-corrected chi connectivity index (χ3v) is 8.13. The van der Waals surface area contributed by atoms with Crippen molar-refractivity contribution >= 4 is 45.7 Å². The minimum absolute atomic E-state index is 0. The fourth-order valence-electron chi connectivity index (χ4n) is 5.15. The minimum atomic E-state index is -3.37. The van der Waals surface area contributed by atoms with Crippen LogP contribution in [0.25, 0.3) is 0 Å². The van der Waals surface area contributed by atoms with Gasteiger partial charge in [-0.25, -0.2) is 27.0 Å². The molecule has 1 aliphatic rings. The number of anilines is 2. The molecule has 1 aromatic heterocycles. The van der Waals surface area contributed by atoms with E-state index in [4.69, 9.17) is 10.5 Å². The predicted molar refractivity (Wildman–Crippen MR) is 175 cm³/mol. The maximum absolute atomic E-state index is 14.4. The average molecular weight is 681 g/mol. The van der Waals surface area contributed by atoms with E-state index in [0.717, 1.165) is 49.5 Å². The summed E-state index contributed by atoms with van der Waals surface area (Å²) in [5, 5.41) is 2.51. The lowest BCUT2D eigenvalue weighted by Crippen LogP contribution is -2.49. The van der Waals surface area contributed by atoms with Crippen LogP contribution in [0.15, 0.2) is 48.5 Å². The van der Waals surface area contributed by atoms with Crippen LogP contribution in [-0.2, 0) is 16.6 Å². The molecule has 2 heterocycles. The Morgan fingerprint density at radius 1 is 1.09 bits per heavy atom. The van der Waals surface area contributed by atoms with E-state index in [9.17, 15) is 26.8 Å². The number of rotatable bonds is 12. The maximum atomic E-state index is 14.4. The molecule has 2 aromatic carbocycles. The SMILES string of the molecule is CCCCN(C(=O)Nc1cc(C(N)=O)c(F)cc1F)C1CCN(Cc2ccc(Oc3ccc(NS(C)(=O)=O)cc3)nc2C)CC1.Cl. The first-order valence-corrected chi connectivity index (χ1v) is 16.5. The van der Waals surface area contributed by atoms with Crippen LogP contribution >= 0.6 is 12.4 Å². The normalized spacial score (nSPS) is 13.8. The van der Waals surface area contributed by atoms with Crippen molar-refractivity contribution in [2.75, 3.05) is 35.9 Å². The molecule has 4 N–H and O–H groups in total. The van der Waals surface area contributed by atoms with E-state index in [1.54, 1.807) is 35.2 Å². The number of piperidine rings is 1. The van der Waals surface area contributed by atoms with Gasteiger partial charge in [-0.3, -0.25) is 14.4 Å². The minimum Gasteiger partial charge on any atom is -0.439 e. The first-order valence-electron chi connectivity index (χ1n) is 14.6. The first kappa shape index (κ1) is 36.5. The van der Waals surface area contributed by atoms with E-state index >= 15 is 0 Å². The maximum Gasteiger partial charge on any atom is 0.322 e. The lowest BCUT2D eigenvalue weighted by atomic mass is 10.0. The number of nitrogens with one attached hydrogen (secondary N) is 2. The molecule has 0 spiro atoms. The molecule has 46 heavy (non-hydrogen) atoms. The molecule has 3 amide bonds. The number of carbonyl (C=O) groups is 2. The molecule has 1 aliphatic heterocycles. The van der Waals surface area contributed by atoms with Gasteiger partial charge < -0.3 is 20.7 Å².